The van der Waals surface area contributed by atoms with Crippen molar-refractivity contribution in [3.05, 3.63) is 11.1 Å². The monoisotopic (exact) mass is 428 g/mol. The van der Waals surface area contributed by atoms with Gasteiger partial charge in [0.1, 0.15) is 0 Å². The molecule has 0 unspecified atom stereocenters. The average Bonchev–Trinajstić information content (AvgIpc) is 2.32. The first kappa shape index (κ1) is 24.6. The van der Waals surface area contributed by atoms with E-state index in [4.69, 9.17) is 0 Å². The van der Waals surface area contributed by atoms with Gasteiger partial charge in [-0.25, -0.2) is 17.6 Å². The molecule has 0 aliphatic carbocycles. The Bertz CT molecular complexity index is 469. The minimum absolute atomic E-state index is 0.822. The number of allylic oxidation sites excluding steroid dienone is 2. The third-order valence-electron chi connectivity index (χ3n) is 2.97. The van der Waals surface area contributed by atoms with E-state index in [1.807, 2.05) is 0 Å². The molecule has 0 fully saturated rings. The summed E-state index contributed by atoms with van der Waals surface area (Å²) in [5.74, 6) is 0. The van der Waals surface area contributed by atoms with Gasteiger partial charge in [-0.1, -0.05) is 0 Å². The van der Waals surface area contributed by atoms with Crippen LogP contribution in [0.25, 0.3) is 0 Å². The first-order valence-electron chi connectivity index (χ1n) is 5.62. The Balaban J connectivity index is 7.61. The molecule has 0 saturated carbocycles. The molecule has 0 amide bonds. The zero-order valence-corrected chi connectivity index (χ0v) is 11.6. The fraction of sp³-hybridized carbons (Fsp3) is 0.800. The third kappa shape index (κ3) is 3.54. The van der Waals surface area contributed by atoms with Crippen LogP contribution < -0.4 is 0 Å². The molecule has 0 aliphatic heterocycles. The summed E-state index contributed by atoms with van der Waals surface area (Å²) in [7, 11) is 0. The highest BCUT2D eigenvalue weighted by molar-refractivity contribution is 5.40. The molecule has 0 rings (SSSR count). The van der Waals surface area contributed by atoms with E-state index < -0.39 is 60.5 Å². The van der Waals surface area contributed by atoms with Crippen molar-refractivity contribution in [2.45, 2.75) is 49.4 Å². The molecular formula is C10H4F16. The predicted molar refractivity (Wildman–Crippen MR) is 50.6 cm³/mol. The molecule has 0 spiro atoms. The smallest absolute Gasteiger partial charge is 0.218 e. The third-order valence-corrected chi connectivity index (χ3v) is 2.97. The molecule has 0 aromatic rings. The molecule has 0 radical (unpaired) electrons. The van der Waals surface area contributed by atoms with Crippen LogP contribution >= 0.6 is 0 Å². The minimum atomic E-state index is -7.72. The molecule has 0 bridgehead atoms. The molecule has 0 aromatic carbocycles. The summed E-state index contributed by atoms with van der Waals surface area (Å²) in [6.07, 6.45) is -35.7. The van der Waals surface area contributed by atoms with Gasteiger partial charge >= 0.3 is 36.0 Å². The Kier molecular flexibility index (Phi) is 6.01. The van der Waals surface area contributed by atoms with E-state index in [1.165, 1.54) is 0 Å². The zero-order valence-electron chi connectivity index (χ0n) is 11.6. The van der Waals surface area contributed by atoms with Crippen molar-refractivity contribution in [1.82, 2.24) is 0 Å². The molecule has 0 atom stereocenters. The summed E-state index contributed by atoms with van der Waals surface area (Å²) in [6, 6.07) is 0. The standard InChI is InChI=1S/C10H4F16/c1-2(4(11)12)3(5(13,7(15,16)17)8(18,19)20)6(14,9(21,22)23)10(24,25)26/h4H,1H3. The van der Waals surface area contributed by atoms with E-state index in [0.717, 1.165) is 0 Å². The molecule has 0 aromatic heterocycles. The van der Waals surface area contributed by atoms with Gasteiger partial charge < -0.3 is 0 Å². The maximum atomic E-state index is 13.8. The Labute approximate surface area is 132 Å². The number of hydrogen-bond acceptors (Lipinski definition) is 0. The lowest BCUT2D eigenvalue weighted by Gasteiger charge is -2.41. The molecule has 156 valence electrons. The van der Waals surface area contributed by atoms with E-state index in [-0.39, 0.29) is 0 Å². The first-order valence-corrected chi connectivity index (χ1v) is 5.62. The van der Waals surface area contributed by atoms with Crippen LogP contribution in [0, 0.1) is 0 Å². The van der Waals surface area contributed by atoms with Crippen LogP contribution in [0.3, 0.4) is 0 Å². The quantitative estimate of drug-likeness (QED) is 0.369. The van der Waals surface area contributed by atoms with Gasteiger partial charge in [0.05, 0.1) is 0 Å². The highest BCUT2D eigenvalue weighted by Crippen LogP contribution is 2.62. The van der Waals surface area contributed by atoms with Crippen LogP contribution in [0.1, 0.15) is 6.92 Å². The fourth-order valence-corrected chi connectivity index (χ4v) is 1.78. The van der Waals surface area contributed by atoms with Crippen LogP contribution in [0.2, 0.25) is 0 Å². The highest BCUT2D eigenvalue weighted by atomic mass is 19.4. The Hall–Kier alpha value is -1.38. The predicted octanol–water partition coefficient (Wildman–Crippen LogP) is 6.23. The number of rotatable bonds is 3. The van der Waals surface area contributed by atoms with Crippen LogP contribution in [-0.2, 0) is 0 Å². The zero-order chi connectivity index (χ0) is 21.7. The van der Waals surface area contributed by atoms with Gasteiger partial charge in [-0.05, 0) is 12.5 Å². The maximum absolute atomic E-state index is 13.8. The second-order valence-corrected chi connectivity index (χ2v) is 4.67. The lowest BCUT2D eigenvalue weighted by molar-refractivity contribution is -0.364. The molecule has 16 heteroatoms. The maximum Gasteiger partial charge on any atom is 0.435 e. The Morgan fingerprint density at radius 1 is 0.500 bits per heavy atom. The van der Waals surface area contributed by atoms with E-state index in [2.05, 4.69) is 0 Å². The van der Waals surface area contributed by atoms with E-state index in [0.29, 0.717) is 0 Å². The van der Waals surface area contributed by atoms with Gasteiger partial charge in [0.15, 0.2) is 0 Å². The van der Waals surface area contributed by atoms with Crippen molar-refractivity contribution < 1.29 is 70.2 Å². The van der Waals surface area contributed by atoms with Crippen molar-refractivity contribution in [1.29, 1.82) is 0 Å². The fourth-order valence-electron chi connectivity index (χ4n) is 1.78. The number of alkyl halides is 16. The normalized spacial score (nSPS) is 15.5. The molecule has 0 saturated heterocycles. The molecule has 0 aliphatic rings. The van der Waals surface area contributed by atoms with E-state index >= 15 is 0 Å². The molecular weight excluding hydrogens is 424 g/mol. The van der Waals surface area contributed by atoms with Crippen molar-refractivity contribution in [2.24, 2.45) is 0 Å². The Morgan fingerprint density at radius 3 is 0.808 bits per heavy atom. The summed E-state index contributed by atoms with van der Waals surface area (Å²) in [6.45, 7) is -0.822. The number of hydrogen-bond donors (Lipinski definition) is 0. The summed E-state index contributed by atoms with van der Waals surface area (Å²) in [5.41, 5.74) is -23.7. The van der Waals surface area contributed by atoms with Gasteiger partial charge in [-0.15, -0.1) is 0 Å². The lowest BCUT2D eigenvalue weighted by atomic mass is 9.78. The minimum Gasteiger partial charge on any atom is -0.218 e. The van der Waals surface area contributed by atoms with Crippen LogP contribution in [0.4, 0.5) is 70.2 Å². The van der Waals surface area contributed by atoms with Gasteiger partial charge in [0.2, 0.25) is 0 Å². The van der Waals surface area contributed by atoms with Crippen molar-refractivity contribution in [3.63, 3.8) is 0 Å². The first-order chi connectivity index (χ1) is 11.0. The van der Waals surface area contributed by atoms with Crippen molar-refractivity contribution >= 4 is 0 Å². The van der Waals surface area contributed by atoms with Crippen molar-refractivity contribution in [2.75, 3.05) is 0 Å². The average molecular weight is 428 g/mol. The summed E-state index contributed by atoms with van der Waals surface area (Å²) < 4.78 is 202. The Morgan fingerprint density at radius 2 is 0.692 bits per heavy atom. The summed E-state index contributed by atoms with van der Waals surface area (Å²) >= 11 is 0. The lowest BCUT2D eigenvalue weighted by Crippen LogP contribution is -2.66. The van der Waals surface area contributed by atoms with Gasteiger partial charge in [0.25, 0.3) is 6.43 Å². The SMILES string of the molecule is CC(=C(C(F)(C(F)(F)F)C(F)(F)F)C(F)(C(F)(F)F)C(F)(F)F)C(F)F. The second kappa shape index (κ2) is 6.35. The topological polar surface area (TPSA) is 0 Å². The van der Waals surface area contributed by atoms with Crippen LogP contribution in [0.5, 0.6) is 0 Å². The van der Waals surface area contributed by atoms with Gasteiger partial charge in [-0.3, -0.25) is 0 Å². The summed E-state index contributed by atoms with van der Waals surface area (Å²) in [4.78, 5) is 0. The molecule has 0 heterocycles. The molecule has 0 nitrogen and oxygen atoms in total. The largest absolute Gasteiger partial charge is 0.435 e. The number of halogens is 16. The van der Waals surface area contributed by atoms with E-state index in [9.17, 15) is 70.2 Å². The molecule has 26 heavy (non-hydrogen) atoms. The second-order valence-electron chi connectivity index (χ2n) is 4.67. The summed E-state index contributed by atoms with van der Waals surface area (Å²) in [5, 5.41) is 0. The van der Waals surface area contributed by atoms with Crippen LogP contribution in [-0.4, -0.2) is 42.5 Å². The van der Waals surface area contributed by atoms with Gasteiger partial charge in [0, 0.05) is 5.57 Å². The highest BCUT2D eigenvalue weighted by Gasteiger charge is 2.86. The van der Waals surface area contributed by atoms with Crippen LogP contribution in [0.15, 0.2) is 11.1 Å². The van der Waals surface area contributed by atoms with Gasteiger partial charge in [-0.2, -0.15) is 52.7 Å². The van der Waals surface area contributed by atoms with E-state index in [1.54, 1.807) is 0 Å². The molecule has 0 N–H and O–H groups in total. The van der Waals surface area contributed by atoms with Crippen molar-refractivity contribution in [3.8, 4) is 0 Å².